The van der Waals surface area contributed by atoms with Crippen molar-refractivity contribution >= 4 is 50.8 Å². The fourth-order valence-electron chi connectivity index (χ4n) is 0.450. The molecule has 56 valence electrons. The lowest BCUT2D eigenvalue weighted by molar-refractivity contribution is 0.739. The topological polar surface area (TPSA) is 0 Å². The van der Waals surface area contributed by atoms with E-state index >= 15 is 0 Å². The van der Waals surface area contributed by atoms with Gasteiger partial charge in [-0.25, -0.2) is 0 Å². The van der Waals surface area contributed by atoms with E-state index in [0.717, 1.165) is 0 Å². The van der Waals surface area contributed by atoms with Gasteiger partial charge in [-0.2, -0.15) is 0 Å². The van der Waals surface area contributed by atoms with Gasteiger partial charge in [-0.15, -0.1) is 44.8 Å². The standard InChI is InChI=1S/C4H8Cl4Si/c1-4(2-5)3-9(6,7)8/h4H,2-3H2,1H3/t4-/m0/s1. The van der Waals surface area contributed by atoms with E-state index < -0.39 is 6.00 Å². The third kappa shape index (κ3) is 7.27. The smallest absolute Gasteiger partial charge is 0.126 e. The van der Waals surface area contributed by atoms with Gasteiger partial charge in [0, 0.05) is 5.88 Å². The van der Waals surface area contributed by atoms with E-state index in [1.165, 1.54) is 0 Å². The van der Waals surface area contributed by atoms with Gasteiger partial charge in [0.05, 0.1) is 0 Å². The van der Waals surface area contributed by atoms with Gasteiger partial charge in [-0.3, -0.25) is 0 Å². The highest BCUT2D eigenvalue weighted by atomic mass is 35.8. The molecule has 0 bridgehead atoms. The summed E-state index contributed by atoms with van der Waals surface area (Å²) in [7, 11) is 0. The normalized spacial score (nSPS) is 15.7. The van der Waals surface area contributed by atoms with E-state index in [4.69, 9.17) is 44.8 Å². The molecule has 1 atom stereocenters. The Labute approximate surface area is 75.5 Å². The summed E-state index contributed by atoms with van der Waals surface area (Å²) < 4.78 is 0. The molecule has 0 saturated heterocycles. The minimum absolute atomic E-state index is 0.325. The van der Waals surface area contributed by atoms with Gasteiger partial charge in [-0.05, 0) is 12.0 Å². The summed E-state index contributed by atoms with van der Waals surface area (Å²) in [5, 5.41) is 0. The largest absolute Gasteiger partial charge is 0.341 e. The molecule has 0 amide bonds. The minimum atomic E-state index is -2.41. The highest BCUT2D eigenvalue weighted by molar-refractivity contribution is 7.64. The molecule has 0 aromatic carbocycles. The van der Waals surface area contributed by atoms with Crippen molar-refractivity contribution in [2.45, 2.75) is 13.0 Å². The quantitative estimate of drug-likeness (QED) is 0.392. The third-order valence-corrected chi connectivity index (χ3v) is 3.92. The zero-order chi connectivity index (χ0) is 7.49. The van der Waals surface area contributed by atoms with Gasteiger partial charge in [0.1, 0.15) is 0 Å². The predicted octanol–water partition coefficient (Wildman–Crippen LogP) is 3.52. The molecule has 0 radical (unpaired) electrons. The average molecular weight is 226 g/mol. The lowest BCUT2D eigenvalue weighted by Crippen LogP contribution is -2.14. The second-order valence-corrected chi connectivity index (χ2v) is 11.6. The van der Waals surface area contributed by atoms with Crippen LogP contribution in [0.4, 0.5) is 0 Å². The Kier molecular flexibility index (Phi) is 4.95. The second kappa shape index (κ2) is 4.30. The van der Waals surface area contributed by atoms with E-state index in [1.807, 2.05) is 6.92 Å². The molecule has 9 heavy (non-hydrogen) atoms. The summed E-state index contributed by atoms with van der Waals surface area (Å²) in [6.45, 7) is 1.97. The molecule has 0 N–H and O–H groups in total. The Morgan fingerprint density at radius 2 is 1.78 bits per heavy atom. The zero-order valence-corrected chi connectivity index (χ0v) is 9.03. The predicted molar refractivity (Wildman–Crippen MR) is 48.0 cm³/mol. The Bertz CT molecular complexity index is 79.1. The van der Waals surface area contributed by atoms with Gasteiger partial charge >= 0.3 is 6.00 Å². The van der Waals surface area contributed by atoms with Crippen molar-refractivity contribution in [3.05, 3.63) is 0 Å². The highest BCUT2D eigenvalue weighted by Gasteiger charge is 2.26. The van der Waals surface area contributed by atoms with Crippen LogP contribution in [0.1, 0.15) is 6.92 Å². The number of alkyl halides is 1. The number of halogens is 4. The zero-order valence-electron chi connectivity index (χ0n) is 5.00. The minimum Gasteiger partial charge on any atom is -0.126 e. The van der Waals surface area contributed by atoms with Crippen LogP contribution in [-0.2, 0) is 0 Å². The molecule has 0 aromatic heterocycles. The summed E-state index contributed by atoms with van der Waals surface area (Å²) in [5.74, 6) is 0.895. The summed E-state index contributed by atoms with van der Waals surface area (Å²) in [6.07, 6.45) is 0. The van der Waals surface area contributed by atoms with Crippen LogP contribution in [0.2, 0.25) is 6.04 Å². The molecule has 0 spiro atoms. The van der Waals surface area contributed by atoms with Crippen LogP contribution in [0.25, 0.3) is 0 Å². The average Bonchev–Trinajstić information content (AvgIpc) is 1.62. The first-order valence-corrected chi connectivity index (χ1v) is 8.36. The van der Waals surface area contributed by atoms with E-state index in [2.05, 4.69) is 0 Å². The summed E-state index contributed by atoms with van der Waals surface area (Å²) in [4.78, 5) is 0. The van der Waals surface area contributed by atoms with Gasteiger partial charge in [0.2, 0.25) is 0 Å². The summed E-state index contributed by atoms with van der Waals surface area (Å²) >= 11 is 22.4. The third-order valence-electron chi connectivity index (χ3n) is 0.843. The lowest BCUT2D eigenvalue weighted by atomic mass is 10.3. The van der Waals surface area contributed by atoms with Crippen LogP contribution in [-0.4, -0.2) is 11.9 Å². The molecule has 5 heteroatoms. The molecular weight excluding hydrogens is 218 g/mol. The van der Waals surface area contributed by atoms with Gasteiger partial charge < -0.3 is 0 Å². The van der Waals surface area contributed by atoms with E-state index in [9.17, 15) is 0 Å². The molecule has 0 nitrogen and oxygen atoms in total. The maximum Gasteiger partial charge on any atom is 0.341 e. The molecule has 0 aliphatic rings. The maximum atomic E-state index is 5.62. The van der Waals surface area contributed by atoms with Crippen molar-refractivity contribution in [1.29, 1.82) is 0 Å². The molecular formula is C4H8Cl4Si. The molecule has 0 aromatic rings. The molecule has 0 rings (SSSR count). The van der Waals surface area contributed by atoms with Crippen molar-refractivity contribution < 1.29 is 0 Å². The Balaban J connectivity index is 3.47. The number of rotatable bonds is 3. The summed E-state index contributed by atoms with van der Waals surface area (Å²) in [6, 6.07) is -1.76. The molecule has 0 aliphatic heterocycles. The van der Waals surface area contributed by atoms with E-state index in [1.54, 1.807) is 0 Å². The van der Waals surface area contributed by atoms with Crippen LogP contribution in [0.15, 0.2) is 0 Å². The van der Waals surface area contributed by atoms with Crippen LogP contribution >= 0.6 is 44.8 Å². The molecule has 0 unspecified atom stereocenters. The lowest BCUT2D eigenvalue weighted by Gasteiger charge is -2.11. The maximum absolute atomic E-state index is 5.62. The molecule has 0 heterocycles. The highest BCUT2D eigenvalue weighted by Crippen LogP contribution is 2.29. The van der Waals surface area contributed by atoms with Crippen molar-refractivity contribution in [3.8, 4) is 0 Å². The van der Waals surface area contributed by atoms with E-state index in [0.29, 0.717) is 17.8 Å². The van der Waals surface area contributed by atoms with E-state index in [-0.39, 0.29) is 0 Å². The summed E-state index contributed by atoms with van der Waals surface area (Å²) in [5.41, 5.74) is 0. The Hall–Kier alpha value is 1.38. The van der Waals surface area contributed by atoms with Crippen LogP contribution in [0, 0.1) is 5.92 Å². The Morgan fingerprint density at radius 1 is 1.33 bits per heavy atom. The first-order valence-electron chi connectivity index (χ1n) is 2.58. The molecule has 0 fully saturated rings. The fraction of sp³-hybridized carbons (Fsp3) is 1.00. The first kappa shape index (κ1) is 10.4. The van der Waals surface area contributed by atoms with Gasteiger partial charge in [0.15, 0.2) is 0 Å². The van der Waals surface area contributed by atoms with Crippen molar-refractivity contribution in [3.63, 3.8) is 0 Å². The van der Waals surface area contributed by atoms with Crippen molar-refractivity contribution in [2.24, 2.45) is 5.92 Å². The first-order chi connectivity index (χ1) is 3.95. The van der Waals surface area contributed by atoms with Crippen LogP contribution < -0.4 is 0 Å². The Morgan fingerprint density at radius 3 is 1.89 bits per heavy atom. The van der Waals surface area contributed by atoms with Gasteiger partial charge in [-0.1, -0.05) is 6.92 Å². The molecule has 0 aliphatic carbocycles. The molecule has 0 saturated carbocycles. The number of hydrogen-bond acceptors (Lipinski definition) is 0. The van der Waals surface area contributed by atoms with Crippen LogP contribution in [0.3, 0.4) is 0 Å². The van der Waals surface area contributed by atoms with Crippen LogP contribution in [0.5, 0.6) is 0 Å². The van der Waals surface area contributed by atoms with Gasteiger partial charge in [0.25, 0.3) is 0 Å². The fourth-order valence-corrected chi connectivity index (χ4v) is 4.05. The second-order valence-electron chi connectivity index (χ2n) is 2.08. The monoisotopic (exact) mass is 224 g/mol. The van der Waals surface area contributed by atoms with Crippen molar-refractivity contribution in [2.75, 3.05) is 5.88 Å². The number of hydrogen-bond donors (Lipinski definition) is 0. The van der Waals surface area contributed by atoms with Crippen molar-refractivity contribution in [1.82, 2.24) is 0 Å². The SMILES string of the molecule is C[C@@H](CCl)C[Si](Cl)(Cl)Cl.